The van der Waals surface area contributed by atoms with E-state index < -0.39 is 18.2 Å². The summed E-state index contributed by atoms with van der Waals surface area (Å²) in [5, 5.41) is 2.49. The Balaban J connectivity index is 1.86. The SMILES string of the molecule is O=C(Nc1ccc(OC(F)(F)F)cc1)OCn1cnc(Cl)c1Cl. The number of nitrogens with one attached hydrogen (secondary N) is 1. The average molecular weight is 370 g/mol. The van der Waals surface area contributed by atoms with Gasteiger partial charge in [0.05, 0.1) is 0 Å². The molecule has 1 N–H and O–H groups in total. The van der Waals surface area contributed by atoms with Crippen LogP contribution in [0.5, 0.6) is 5.75 Å². The van der Waals surface area contributed by atoms with Gasteiger partial charge in [-0.1, -0.05) is 23.2 Å². The predicted molar refractivity (Wildman–Crippen MR) is 75.5 cm³/mol. The average Bonchev–Trinajstić information content (AvgIpc) is 2.77. The molecule has 1 aromatic carbocycles. The van der Waals surface area contributed by atoms with Crippen molar-refractivity contribution in [2.24, 2.45) is 0 Å². The highest BCUT2D eigenvalue weighted by Gasteiger charge is 2.30. The Morgan fingerprint density at radius 3 is 2.43 bits per heavy atom. The minimum Gasteiger partial charge on any atom is -0.427 e. The Labute approximate surface area is 137 Å². The third-order valence-corrected chi connectivity index (χ3v) is 3.17. The molecular formula is C12H8Cl2F3N3O3. The van der Waals surface area contributed by atoms with E-state index in [1.54, 1.807) is 0 Å². The number of aromatic nitrogens is 2. The van der Waals surface area contributed by atoms with Crippen LogP contribution in [0.3, 0.4) is 0 Å². The first-order valence-electron chi connectivity index (χ1n) is 5.90. The number of amides is 1. The van der Waals surface area contributed by atoms with Crippen molar-refractivity contribution in [2.75, 3.05) is 5.32 Å². The van der Waals surface area contributed by atoms with Crippen LogP contribution < -0.4 is 10.1 Å². The number of benzene rings is 1. The van der Waals surface area contributed by atoms with Gasteiger partial charge in [0.2, 0.25) is 0 Å². The van der Waals surface area contributed by atoms with E-state index in [9.17, 15) is 18.0 Å². The van der Waals surface area contributed by atoms with E-state index in [2.05, 4.69) is 15.0 Å². The Kier molecular flexibility index (Phi) is 5.22. The van der Waals surface area contributed by atoms with Crippen LogP contribution >= 0.6 is 23.2 Å². The van der Waals surface area contributed by atoms with Crippen molar-refractivity contribution in [1.29, 1.82) is 0 Å². The van der Waals surface area contributed by atoms with Crippen LogP contribution in [0.2, 0.25) is 10.3 Å². The normalized spacial score (nSPS) is 11.2. The number of hydrogen-bond donors (Lipinski definition) is 1. The molecule has 0 atom stereocenters. The quantitative estimate of drug-likeness (QED) is 0.872. The number of ether oxygens (including phenoxy) is 2. The van der Waals surface area contributed by atoms with E-state index in [0.29, 0.717) is 0 Å². The highest BCUT2D eigenvalue weighted by molar-refractivity contribution is 6.40. The molecule has 0 aliphatic heterocycles. The number of nitrogens with zero attached hydrogens (tertiary/aromatic N) is 2. The molecule has 23 heavy (non-hydrogen) atoms. The Bertz CT molecular complexity index is 689. The molecular weight excluding hydrogens is 362 g/mol. The summed E-state index contributed by atoms with van der Waals surface area (Å²) in [6.45, 7) is -0.236. The smallest absolute Gasteiger partial charge is 0.427 e. The van der Waals surface area contributed by atoms with Gasteiger partial charge in [0.15, 0.2) is 17.0 Å². The molecule has 0 saturated carbocycles. The first-order chi connectivity index (χ1) is 10.7. The van der Waals surface area contributed by atoms with E-state index in [0.717, 1.165) is 12.1 Å². The first kappa shape index (κ1) is 17.2. The summed E-state index contributed by atoms with van der Waals surface area (Å²) in [5.74, 6) is -0.406. The van der Waals surface area contributed by atoms with Gasteiger partial charge in [0.25, 0.3) is 0 Å². The Hall–Kier alpha value is -2.13. The van der Waals surface area contributed by atoms with E-state index in [1.165, 1.54) is 23.0 Å². The maximum absolute atomic E-state index is 12.0. The second-order valence-electron chi connectivity index (χ2n) is 4.05. The molecule has 0 spiro atoms. The third-order valence-electron chi connectivity index (χ3n) is 2.40. The Morgan fingerprint density at radius 2 is 1.91 bits per heavy atom. The van der Waals surface area contributed by atoms with Crippen LogP contribution in [0.15, 0.2) is 30.6 Å². The van der Waals surface area contributed by atoms with Crippen LogP contribution in [0.25, 0.3) is 0 Å². The molecule has 0 fully saturated rings. The molecule has 11 heteroatoms. The number of carbonyl (C=O) groups excluding carboxylic acids is 1. The summed E-state index contributed by atoms with van der Waals surface area (Å²) in [7, 11) is 0. The third kappa shape index (κ3) is 5.22. The number of anilines is 1. The molecule has 0 bridgehead atoms. The molecule has 0 aliphatic rings. The van der Waals surface area contributed by atoms with Crippen LogP contribution in [0.1, 0.15) is 0 Å². The van der Waals surface area contributed by atoms with E-state index in [4.69, 9.17) is 27.9 Å². The number of rotatable bonds is 4. The van der Waals surface area contributed by atoms with Gasteiger partial charge in [-0.05, 0) is 24.3 Å². The van der Waals surface area contributed by atoms with Gasteiger partial charge in [0.1, 0.15) is 12.1 Å². The fraction of sp³-hybridized carbons (Fsp3) is 0.167. The van der Waals surface area contributed by atoms with Crippen molar-refractivity contribution in [3.05, 3.63) is 40.9 Å². The largest absolute Gasteiger partial charge is 0.573 e. The predicted octanol–water partition coefficient (Wildman–Crippen LogP) is 4.29. The number of hydrogen-bond acceptors (Lipinski definition) is 4. The van der Waals surface area contributed by atoms with Crippen molar-refractivity contribution < 1.29 is 27.4 Å². The lowest BCUT2D eigenvalue weighted by atomic mass is 10.3. The van der Waals surface area contributed by atoms with Gasteiger partial charge in [-0.3, -0.25) is 9.88 Å². The fourth-order valence-corrected chi connectivity index (χ4v) is 1.75. The highest BCUT2D eigenvalue weighted by Crippen LogP contribution is 2.24. The lowest BCUT2D eigenvalue weighted by molar-refractivity contribution is -0.274. The second-order valence-corrected chi connectivity index (χ2v) is 4.77. The number of halogens is 5. The summed E-state index contributed by atoms with van der Waals surface area (Å²) in [5.41, 5.74) is 0.222. The van der Waals surface area contributed by atoms with Gasteiger partial charge in [-0.25, -0.2) is 9.78 Å². The minimum absolute atomic E-state index is 0.0657. The van der Waals surface area contributed by atoms with Crippen LogP contribution in [0.4, 0.5) is 23.7 Å². The zero-order valence-electron chi connectivity index (χ0n) is 11.1. The number of alkyl halides is 3. The van der Waals surface area contributed by atoms with Gasteiger partial charge >= 0.3 is 12.5 Å². The van der Waals surface area contributed by atoms with E-state index in [1.807, 2.05) is 0 Å². The van der Waals surface area contributed by atoms with Gasteiger partial charge < -0.3 is 9.47 Å². The molecule has 1 heterocycles. The van der Waals surface area contributed by atoms with Gasteiger partial charge in [-0.15, -0.1) is 13.2 Å². The standard InChI is InChI=1S/C12H8Cl2F3N3O3/c13-9-10(14)20(5-18-9)6-22-11(21)19-7-1-3-8(4-2-7)23-12(15,16)17/h1-5H,6H2,(H,19,21). The summed E-state index contributed by atoms with van der Waals surface area (Å²) < 4.78 is 45.9. The minimum atomic E-state index is -4.78. The molecule has 0 unspecified atom stereocenters. The van der Waals surface area contributed by atoms with Gasteiger partial charge in [-0.2, -0.15) is 0 Å². The zero-order chi connectivity index (χ0) is 17.0. The zero-order valence-corrected chi connectivity index (χ0v) is 12.6. The maximum Gasteiger partial charge on any atom is 0.573 e. The van der Waals surface area contributed by atoms with Crippen molar-refractivity contribution in [1.82, 2.24) is 9.55 Å². The molecule has 124 valence electrons. The summed E-state index contributed by atoms with van der Waals surface area (Å²) >= 11 is 11.4. The number of carbonyl (C=O) groups is 1. The van der Waals surface area contributed by atoms with Crippen molar-refractivity contribution in [2.45, 2.75) is 13.1 Å². The fourth-order valence-electron chi connectivity index (χ4n) is 1.45. The van der Waals surface area contributed by atoms with Crippen LogP contribution in [-0.4, -0.2) is 22.0 Å². The molecule has 0 aliphatic carbocycles. The van der Waals surface area contributed by atoms with Crippen LogP contribution in [-0.2, 0) is 11.5 Å². The first-order valence-corrected chi connectivity index (χ1v) is 6.66. The summed E-state index contributed by atoms with van der Waals surface area (Å²) in [6.07, 6.45) is -4.34. The second kappa shape index (κ2) is 6.97. The van der Waals surface area contributed by atoms with Crippen molar-refractivity contribution in [3.8, 4) is 5.75 Å². The lowest BCUT2D eigenvalue weighted by Crippen LogP contribution is -2.17. The monoisotopic (exact) mass is 369 g/mol. The highest BCUT2D eigenvalue weighted by atomic mass is 35.5. The molecule has 1 aromatic heterocycles. The molecule has 6 nitrogen and oxygen atoms in total. The van der Waals surface area contributed by atoms with Gasteiger partial charge in [0, 0.05) is 5.69 Å². The molecule has 2 rings (SSSR count). The van der Waals surface area contributed by atoms with E-state index >= 15 is 0 Å². The maximum atomic E-state index is 12.0. The van der Waals surface area contributed by atoms with E-state index in [-0.39, 0.29) is 22.7 Å². The summed E-state index contributed by atoms with van der Waals surface area (Å²) in [4.78, 5) is 15.3. The Morgan fingerprint density at radius 1 is 1.26 bits per heavy atom. The lowest BCUT2D eigenvalue weighted by Gasteiger charge is -2.10. The molecule has 2 aromatic rings. The summed E-state index contributed by atoms with van der Waals surface area (Å²) in [6, 6.07) is 4.55. The van der Waals surface area contributed by atoms with Crippen LogP contribution in [0, 0.1) is 0 Å². The number of imidazole rings is 1. The topological polar surface area (TPSA) is 65.4 Å². The molecule has 0 radical (unpaired) electrons. The molecule has 1 amide bonds. The van der Waals surface area contributed by atoms with Crippen molar-refractivity contribution in [3.63, 3.8) is 0 Å². The van der Waals surface area contributed by atoms with Crippen molar-refractivity contribution >= 4 is 35.0 Å². The molecule has 0 saturated heterocycles.